The molecule has 1 aromatic rings. The number of anilines is 1. The Kier molecular flexibility index (Phi) is 3.46. The predicted octanol–water partition coefficient (Wildman–Crippen LogP) is 3.05. The molecule has 0 aliphatic rings. The van der Waals surface area contributed by atoms with E-state index in [1.807, 2.05) is 0 Å². The van der Waals surface area contributed by atoms with Gasteiger partial charge in [0, 0.05) is 5.69 Å². The summed E-state index contributed by atoms with van der Waals surface area (Å²) in [4.78, 5) is 10.5. The Morgan fingerprint density at radius 1 is 1.27 bits per heavy atom. The fraction of sp³-hybridized carbons (Fsp3) is 0.125. The van der Waals surface area contributed by atoms with Crippen LogP contribution >= 0.6 is 12.6 Å². The molecular formula is C8H6F3NO2S. The lowest BCUT2D eigenvalue weighted by Crippen LogP contribution is -2.17. The lowest BCUT2D eigenvalue weighted by molar-refractivity contribution is -0.274. The molecule has 0 aliphatic heterocycles. The highest BCUT2D eigenvalue weighted by atomic mass is 32.1. The molecule has 0 saturated heterocycles. The average Bonchev–Trinajstić information content (AvgIpc) is 2.05. The maximum absolute atomic E-state index is 11.7. The van der Waals surface area contributed by atoms with Crippen LogP contribution in [0.4, 0.5) is 23.7 Å². The third kappa shape index (κ3) is 4.59. The van der Waals surface area contributed by atoms with Gasteiger partial charge in [0.15, 0.2) is 0 Å². The minimum absolute atomic E-state index is 0.338. The van der Waals surface area contributed by atoms with Crippen LogP contribution in [0.3, 0.4) is 0 Å². The standard InChI is InChI=1S/C8H6F3NO2S/c9-8(10,11)14-6-3-1-5(2-4-6)12-7(13)15/h1-4H,(H2,12,13,15). The molecule has 7 heteroatoms. The van der Waals surface area contributed by atoms with Gasteiger partial charge in [-0.05, 0) is 24.3 Å². The van der Waals surface area contributed by atoms with Crippen LogP contribution in [0.2, 0.25) is 0 Å². The van der Waals surface area contributed by atoms with Crippen LogP contribution in [-0.4, -0.2) is 11.6 Å². The van der Waals surface area contributed by atoms with Crippen molar-refractivity contribution in [3.63, 3.8) is 0 Å². The number of rotatable bonds is 2. The molecule has 15 heavy (non-hydrogen) atoms. The largest absolute Gasteiger partial charge is 0.573 e. The summed E-state index contributed by atoms with van der Waals surface area (Å²) in [6.07, 6.45) is -4.71. The van der Waals surface area contributed by atoms with Crippen molar-refractivity contribution in [1.82, 2.24) is 0 Å². The molecule has 1 aromatic carbocycles. The lowest BCUT2D eigenvalue weighted by Gasteiger charge is -2.09. The van der Waals surface area contributed by atoms with E-state index in [0.717, 1.165) is 12.1 Å². The molecule has 0 aliphatic carbocycles. The fourth-order valence-electron chi connectivity index (χ4n) is 0.863. The average molecular weight is 237 g/mol. The van der Waals surface area contributed by atoms with E-state index in [9.17, 15) is 18.0 Å². The highest BCUT2D eigenvalue weighted by Crippen LogP contribution is 2.23. The van der Waals surface area contributed by atoms with Crippen molar-refractivity contribution in [2.75, 3.05) is 5.32 Å². The molecule has 1 amide bonds. The topological polar surface area (TPSA) is 38.3 Å². The molecule has 0 spiro atoms. The Labute approximate surface area is 88.6 Å². The zero-order valence-corrected chi connectivity index (χ0v) is 8.10. The van der Waals surface area contributed by atoms with E-state index in [-0.39, 0.29) is 5.75 Å². The van der Waals surface area contributed by atoms with Gasteiger partial charge < -0.3 is 10.1 Å². The van der Waals surface area contributed by atoms with Crippen LogP contribution in [0, 0.1) is 0 Å². The number of amides is 1. The van der Waals surface area contributed by atoms with E-state index in [4.69, 9.17) is 0 Å². The van der Waals surface area contributed by atoms with Crippen LogP contribution in [0.1, 0.15) is 0 Å². The van der Waals surface area contributed by atoms with Crippen molar-refractivity contribution in [2.45, 2.75) is 6.36 Å². The molecule has 0 aromatic heterocycles. The number of carbonyl (C=O) groups excluding carboxylic acids is 1. The van der Waals surface area contributed by atoms with Gasteiger partial charge in [-0.3, -0.25) is 4.79 Å². The minimum Gasteiger partial charge on any atom is -0.406 e. The van der Waals surface area contributed by atoms with E-state index < -0.39 is 11.6 Å². The molecule has 0 bridgehead atoms. The molecule has 3 nitrogen and oxygen atoms in total. The Morgan fingerprint density at radius 3 is 2.20 bits per heavy atom. The number of ether oxygens (including phenoxy) is 1. The van der Waals surface area contributed by atoms with E-state index in [1.165, 1.54) is 12.1 Å². The van der Waals surface area contributed by atoms with Gasteiger partial charge in [0.25, 0.3) is 5.24 Å². The maximum atomic E-state index is 11.7. The van der Waals surface area contributed by atoms with E-state index in [2.05, 4.69) is 22.7 Å². The highest BCUT2D eigenvalue weighted by molar-refractivity contribution is 7.96. The molecule has 0 heterocycles. The Hall–Kier alpha value is -1.37. The van der Waals surface area contributed by atoms with Crippen LogP contribution in [0.5, 0.6) is 5.75 Å². The molecule has 1 N–H and O–H groups in total. The number of nitrogens with one attached hydrogen (secondary N) is 1. The van der Waals surface area contributed by atoms with Crippen molar-refractivity contribution in [1.29, 1.82) is 0 Å². The Balaban J connectivity index is 2.68. The van der Waals surface area contributed by atoms with E-state index in [0.29, 0.717) is 5.69 Å². The number of halogens is 3. The van der Waals surface area contributed by atoms with Crippen LogP contribution in [0.15, 0.2) is 24.3 Å². The zero-order chi connectivity index (χ0) is 11.5. The summed E-state index contributed by atoms with van der Waals surface area (Å²) in [5.74, 6) is -0.348. The smallest absolute Gasteiger partial charge is 0.406 e. The summed E-state index contributed by atoms with van der Waals surface area (Å²) in [5.41, 5.74) is 0.338. The third-order valence-electron chi connectivity index (χ3n) is 1.34. The maximum Gasteiger partial charge on any atom is 0.573 e. The molecule has 0 radical (unpaired) electrons. The molecular weight excluding hydrogens is 231 g/mol. The SMILES string of the molecule is O=C(S)Nc1ccc(OC(F)(F)F)cc1. The first-order valence-electron chi connectivity index (χ1n) is 3.72. The van der Waals surface area contributed by atoms with Gasteiger partial charge in [0.05, 0.1) is 0 Å². The summed E-state index contributed by atoms with van der Waals surface area (Å²) in [6, 6.07) is 4.73. The Morgan fingerprint density at radius 2 is 1.80 bits per heavy atom. The molecule has 82 valence electrons. The number of benzene rings is 1. The highest BCUT2D eigenvalue weighted by Gasteiger charge is 2.30. The fourth-order valence-corrected chi connectivity index (χ4v) is 0.993. The predicted molar refractivity (Wildman–Crippen MR) is 51.1 cm³/mol. The second-order valence-corrected chi connectivity index (χ2v) is 2.91. The first kappa shape index (κ1) is 11.7. The Bertz CT molecular complexity index is 350. The molecule has 1 rings (SSSR count). The summed E-state index contributed by atoms with van der Waals surface area (Å²) in [6.45, 7) is 0. The van der Waals surface area contributed by atoms with E-state index >= 15 is 0 Å². The second kappa shape index (κ2) is 4.43. The summed E-state index contributed by atoms with van der Waals surface area (Å²) < 4.78 is 38.9. The van der Waals surface area contributed by atoms with Gasteiger partial charge in [-0.15, -0.1) is 13.2 Å². The second-order valence-electron chi connectivity index (χ2n) is 2.50. The number of thiol groups is 1. The number of hydrogen-bond donors (Lipinski definition) is 2. The molecule has 0 unspecified atom stereocenters. The van der Waals surface area contributed by atoms with Crippen molar-refractivity contribution in [3.8, 4) is 5.75 Å². The van der Waals surface area contributed by atoms with Gasteiger partial charge >= 0.3 is 6.36 Å². The van der Waals surface area contributed by atoms with Crippen LogP contribution in [-0.2, 0) is 0 Å². The van der Waals surface area contributed by atoms with Crippen LogP contribution in [0.25, 0.3) is 0 Å². The quantitative estimate of drug-likeness (QED) is 0.776. The van der Waals surface area contributed by atoms with Gasteiger partial charge in [0.1, 0.15) is 5.75 Å². The van der Waals surface area contributed by atoms with Crippen LogP contribution < -0.4 is 10.1 Å². The van der Waals surface area contributed by atoms with Gasteiger partial charge in [0.2, 0.25) is 0 Å². The summed E-state index contributed by atoms with van der Waals surface area (Å²) >= 11 is 3.44. The number of carbonyl (C=O) groups is 1. The van der Waals surface area contributed by atoms with Gasteiger partial charge in [-0.1, -0.05) is 12.6 Å². The zero-order valence-electron chi connectivity index (χ0n) is 7.21. The van der Waals surface area contributed by atoms with Crippen molar-refractivity contribution >= 4 is 23.6 Å². The first-order valence-corrected chi connectivity index (χ1v) is 4.17. The third-order valence-corrected chi connectivity index (χ3v) is 1.45. The summed E-state index contributed by atoms with van der Waals surface area (Å²) in [5, 5.41) is 1.69. The van der Waals surface area contributed by atoms with Crippen molar-refractivity contribution in [2.24, 2.45) is 0 Å². The minimum atomic E-state index is -4.71. The first-order chi connectivity index (χ1) is 6.87. The number of hydrogen-bond acceptors (Lipinski definition) is 2. The van der Waals surface area contributed by atoms with Crippen molar-refractivity contribution < 1.29 is 22.7 Å². The molecule has 0 saturated carbocycles. The molecule has 0 fully saturated rings. The van der Waals surface area contributed by atoms with E-state index in [1.54, 1.807) is 0 Å². The van der Waals surface area contributed by atoms with Gasteiger partial charge in [-0.25, -0.2) is 0 Å². The monoisotopic (exact) mass is 237 g/mol. The normalized spacial score (nSPS) is 10.9. The van der Waals surface area contributed by atoms with Gasteiger partial charge in [-0.2, -0.15) is 0 Å². The molecule has 0 atom stereocenters. The lowest BCUT2D eigenvalue weighted by atomic mass is 10.3. The number of alkyl halides is 3. The summed E-state index contributed by atoms with van der Waals surface area (Å²) in [7, 11) is 0. The van der Waals surface area contributed by atoms with Crippen molar-refractivity contribution in [3.05, 3.63) is 24.3 Å².